The number of hydrogen-bond acceptors (Lipinski definition) is 4. The largest absolute Gasteiger partial charge is 0.361 e. The SMILES string of the molecule is CC(C)c1noc(C(C)NCc2cccc3cc[nH]c23)n1. The number of para-hydroxylation sites is 1. The quantitative estimate of drug-likeness (QED) is 0.752. The average molecular weight is 284 g/mol. The van der Waals surface area contributed by atoms with Crippen molar-refractivity contribution >= 4 is 10.9 Å². The highest BCUT2D eigenvalue weighted by Crippen LogP contribution is 2.19. The van der Waals surface area contributed by atoms with Crippen LogP contribution in [0.5, 0.6) is 0 Å². The topological polar surface area (TPSA) is 66.7 Å². The van der Waals surface area contributed by atoms with Gasteiger partial charge in [0.2, 0.25) is 5.89 Å². The number of nitrogens with zero attached hydrogens (tertiary/aromatic N) is 2. The maximum Gasteiger partial charge on any atom is 0.243 e. The van der Waals surface area contributed by atoms with Gasteiger partial charge in [0.15, 0.2) is 5.82 Å². The second-order valence-corrected chi connectivity index (χ2v) is 5.61. The van der Waals surface area contributed by atoms with Crippen molar-refractivity contribution < 1.29 is 4.52 Å². The number of hydrogen-bond donors (Lipinski definition) is 2. The Morgan fingerprint density at radius 1 is 1.24 bits per heavy atom. The second-order valence-electron chi connectivity index (χ2n) is 5.61. The molecule has 1 aromatic carbocycles. The first kappa shape index (κ1) is 13.8. The van der Waals surface area contributed by atoms with Crippen LogP contribution in [0.3, 0.4) is 0 Å². The van der Waals surface area contributed by atoms with Gasteiger partial charge in [-0.15, -0.1) is 0 Å². The van der Waals surface area contributed by atoms with E-state index in [0.717, 1.165) is 12.4 Å². The molecule has 110 valence electrons. The molecule has 0 saturated carbocycles. The zero-order valence-electron chi connectivity index (χ0n) is 12.6. The predicted octanol–water partition coefficient (Wildman–Crippen LogP) is 3.53. The summed E-state index contributed by atoms with van der Waals surface area (Å²) in [6.07, 6.45) is 1.96. The van der Waals surface area contributed by atoms with Gasteiger partial charge in [-0.3, -0.25) is 0 Å². The molecule has 0 aliphatic rings. The Morgan fingerprint density at radius 3 is 2.86 bits per heavy atom. The van der Waals surface area contributed by atoms with E-state index in [4.69, 9.17) is 4.52 Å². The Balaban J connectivity index is 1.70. The molecule has 0 aliphatic heterocycles. The van der Waals surface area contributed by atoms with Crippen molar-refractivity contribution in [1.29, 1.82) is 0 Å². The molecular weight excluding hydrogens is 264 g/mol. The summed E-state index contributed by atoms with van der Waals surface area (Å²) in [5, 5.41) is 8.66. The van der Waals surface area contributed by atoms with E-state index in [9.17, 15) is 0 Å². The summed E-state index contributed by atoms with van der Waals surface area (Å²) >= 11 is 0. The Hall–Kier alpha value is -2.14. The number of H-pyrrole nitrogens is 1. The van der Waals surface area contributed by atoms with E-state index in [1.54, 1.807) is 0 Å². The van der Waals surface area contributed by atoms with Crippen LogP contribution in [0.1, 0.15) is 50.0 Å². The van der Waals surface area contributed by atoms with E-state index >= 15 is 0 Å². The lowest BCUT2D eigenvalue weighted by Gasteiger charge is -2.10. The predicted molar refractivity (Wildman–Crippen MR) is 81.9 cm³/mol. The minimum atomic E-state index is 0.0234. The van der Waals surface area contributed by atoms with Gasteiger partial charge in [0, 0.05) is 24.2 Å². The van der Waals surface area contributed by atoms with Crippen molar-refractivity contribution in [1.82, 2.24) is 20.4 Å². The summed E-state index contributed by atoms with van der Waals surface area (Å²) in [5.74, 6) is 1.67. The molecule has 2 aromatic heterocycles. The Morgan fingerprint density at radius 2 is 2.10 bits per heavy atom. The average Bonchev–Trinajstić information content (AvgIpc) is 3.13. The summed E-state index contributed by atoms with van der Waals surface area (Å²) < 4.78 is 5.32. The third-order valence-corrected chi connectivity index (χ3v) is 3.62. The molecule has 1 atom stereocenters. The van der Waals surface area contributed by atoms with Crippen molar-refractivity contribution in [2.24, 2.45) is 0 Å². The normalized spacial score (nSPS) is 13.1. The molecule has 1 unspecified atom stereocenters. The third kappa shape index (κ3) is 2.83. The van der Waals surface area contributed by atoms with Crippen molar-refractivity contribution in [2.75, 3.05) is 0 Å². The summed E-state index contributed by atoms with van der Waals surface area (Å²) in [7, 11) is 0. The van der Waals surface area contributed by atoms with Crippen LogP contribution in [0.15, 0.2) is 35.0 Å². The lowest BCUT2D eigenvalue weighted by Crippen LogP contribution is -2.18. The molecule has 5 nitrogen and oxygen atoms in total. The van der Waals surface area contributed by atoms with Gasteiger partial charge in [-0.2, -0.15) is 4.98 Å². The van der Waals surface area contributed by atoms with Gasteiger partial charge >= 0.3 is 0 Å². The Bertz CT molecular complexity index is 729. The lowest BCUT2D eigenvalue weighted by atomic mass is 10.1. The van der Waals surface area contributed by atoms with Crippen LogP contribution in [0.25, 0.3) is 10.9 Å². The standard InChI is InChI=1S/C16H20N4O/c1-10(2)15-19-16(21-20-15)11(3)18-9-13-6-4-5-12-7-8-17-14(12)13/h4-8,10-11,17-18H,9H2,1-3H3. The van der Waals surface area contributed by atoms with Crippen LogP contribution in [0.4, 0.5) is 0 Å². The van der Waals surface area contributed by atoms with Crippen molar-refractivity contribution in [2.45, 2.75) is 39.3 Å². The summed E-state index contributed by atoms with van der Waals surface area (Å²) in [6.45, 7) is 6.89. The molecule has 0 radical (unpaired) electrons. The van der Waals surface area contributed by atoms with E-state index in [2.05, 4.69) is 58.6 Å². The molecule has 0 aliphatic carbocycles. The number of fused-ring (bicyclic) bond motifs is 1. The molecule has 0 fully saturated rings. The molecule has 0 saturated heterocycles. The minimum Gasteiger partial charge on any atom is -0.361 e. The molecule has 0 amide bonds. The molecule has 2 N–H and O–H groups in total. The molecule has 0 bridgehead atoms. The van der Waals surface area contributed by atoms with Gasteiger partial charge in [-0.25, -0.2) is 0 Å². The van der Waals surface area contributed by atoms with Crippen LogP contribution in [-0.4, -0.2) is 15.1 Å². The molecule has 2 heterocycles. The highest BCUT2D eigenvalue weighted by molar-refractivity contribution is 5.82. The molecule has 0 spiro atoms. The molecule has 5 heteroatoms. The molecule has 3 aromatic rings. The van der Waals surface area contributed by atoms with E-state index in [-0.39, 0.29) is 12.0 Å². The zero-order valence-corrected chi connectivity index (χ0v) is 12.6. The second kappa shape index (κ2) is 5.69. The van der Waals surface area contributed by atoms with Crippen molar-refractivity contribution in [3.05, 3.63) is 47.7 Å². The van der Waals surface area contributed by atoms with Crippen LogP contribution in [-0.2, 0) is 6.54 Å². The fourth-order valence-corrected chi connectivity index (χ4v) is 2.31. The van der Waals surface area contributed by atoms with Gasteiger partial charge < -0.3 is 14.8 Å². The van der Waals surface area contributed by atoms with Gasteiger partial charge in [-0.05, 0) is 23.9 Å². The Kier molecular flexibility index (Phi) is 3.75. The maximum atomic E-state index is 5.32. The lowest BCUT2D eigenvalue weighted by molar-refractivity contribution is 0.335. The number of nitrogens with one attached hydrogen (secondary N) is 2. The van der Waals surface area contributed by atoms with Crippen LogP contribution in [0, 0.1) is 0 Å². The van der Waals surface area contributed by atoms with E-state index in [1.807, 2.05) is 13.1 Å². The van der Waals surface area contributed by atoms with E-state index < -0.39 is 0 Å². The summed E-state index contributed by atoms with van der Waals surface area (Å²) in [5.41, 5.74) is 2.40. The summed E-state index contributed by atoms with van der Waals surface area (Å²) in [4.78, 5) is 7.71. The number of benzene rings is 1. The minimum absolute atomic E-state index is 0.0234. The number of rotatable bonds is 5. The first-order chi connectivity index (χ1) is 10.1. The Labute approximate surface area is 123 Å². The highest BCUT2D eigenvalue weighted by Gasteiger charge is 2.15. The first-order valence-electron chi connectivity index (χ1n) is 7.27. The molecular formula is C16H20N4O. The van der Waals surface area contributed by atoms with Gasteiger partial charge in [-0.1, -0.05) is 37.2 Å². The summed E-state index contributed by atoms with van der Waals surface area (Å²) in [6, 6.07) is 8.39. The van der Waals surface area contributed by atoms with Crippen molar-refractivity contribution in [3.63, 3.8) is 0 Å². The zero-order chi connectivity index (χ0) is 14.8. The van der Waals surface area contributed by atoms with Crippen LogP contribution >= 0.6 is 0 Å². The third-order valence-electron chi connectivity index (χ3n) is 3.62. The monoisotopic (exact) mass is 284 g/mol. The highest BCUT2D eigenvalue weighted by atomic mass is 16.5. The smallest absolute Gasteiger partial charge is 0.243 e. The van der Waals surface area contributed by atoms with E-state index in [0.29, 0.717) is 5.89 Å². The van der Waals surface area contributed by atoms with Crippen LogP contribution in [0.2, 0.25) is 0 Å². The fourth-order valence-electron chi connectivity index (χ4n) is 2.31. The number of aromatic nitrogens is 3. The van der Waals surface area contributed by atoms with Crippen molar-refractivity contribution in [3.8, 4) is 0 Å². The van der Waals surface area contributed by atoms with Crippen LogP contribution < -0.4 is 5.32 Å². The van der Waals surface area contributed by atoms with Gasteiger partial charge in [0.1, 0.15) is 0 Å². The number of aromatic amines is 1. The van der Waals surface area contributed by atoms with Gasteiger partial charge in [0.05, 0.1) is 6.04 Å². The first-order valence-corrected chi connectivity index (χ1v) is 7.27. The molecule has 3 rings (SSSR count). The molecule has 21 heavy (non-hydrogen) atoms. The maximum absolute atomic E-state index is 5.32. The van der Waals surface area contributed by atoms with E-state index in [1.165, 1.54) is 16.5 Å². The van der Waals surface area contributed by atoms with Gasteiger partial charge in [0.25, 0.3) is 0 Å². The fraction of sp³-hybridized carbons (Fsp3) is 0.375.